The number of anilines is 4. The molecule has 27 heavy (non-hydrogen) atoms. The van der Waals surface area contributed by atoms with Gasteiger partial charge in [-0.25, -0.2) is 9.78 Å². The van der Waals surface area contributed by atoms with Crippen molar-refractivity contribution in [3.8, 4) is 11.5 Å². The van der Waals surface area contributed by atoms with Crippen LogP contribution >= 0.6 is 0 Å². The highest BCUT2D eigenvalue weighted by atomic mass is 16.7. The third kappa shape index (κ3) is 3.59. The van der Waals surface area contributed by atoms with Crippen molar-refractivity contribution < 1.29 is 19.0 Å². The molecule has 1 aliphatic heterocycles. The first-order valence-electron chi connectivity index (χ1n) is 8.17. The maximum absolute atomic E-state index is 11.9. The van der Waals surface area contributed by atoms with Crippen molar-refractivity contribution in [2.45, 2.75) is 0 Å². The Morgan fingerprint density at radius 2 is 1.93 bits per heavy atom. The molecule has 0 aliphatic carbocycles. The normalized spacial score (nSPS) is 11.7. The number of benzene rings is 2. The number of aromatic nitrogens is 2. The van der Waals surface area contributed by atoms with E-state index in [0.717, 1.165) is 5.69 Å². The summed E-state index contributed by atoms with van der Waals surface area (Å²) in [7, 11) is 1.34. The Kier molecular flexibility index (Phi) is 4.44. The second-order valence-corrected chi connectivity index (χ2v) is 5.62. The Morgan fingerprint density at radius 3 is 2.81 bits per heavy atom. The summed E-state index contributed by atoms with van der Waals surface area (Å²) in [5.74, 6) is 1.88. The summed E-state index contributed by atoms with van der Waals surface area (Å²) < 4.78 is 15.5. The molecule has 8 nitrogen and oxygen atoms in total. The van der Waals surface area contributed by atoms with Crippen molar-refractivity contribution in [2.24, 2.45) is 0 Å². The second-order valence-electron chi connectivity index (χ2n) is 5.62. The highest BCUT2D eigenvalue weighted by Gasteiger charge is 2.14. The molecule has 3 aromatic rings. The van der Waals surface area contributed by atoms with Gasteiger partial charge in [-0.2, -0.15) is 4.98 Å². The number of hydrogen-bond acceptors (Lipinski definition) is 8. The third-order valence-corrected chi connectivity index (χ3v) is 3.88. The van der Waals surface area contributed by atoms with E-state index in [0.29, 0.717) is 34.5 Å². The quantitative estimate of drug-likeness (QED) is 0.665. The van der Waals surface area contributed by atoms with Crippen molar-refractivity contribution in [2.75, 3.05) is 24.5 Å². The van der Waals surface area contributed by atoms with Crippen LogP contribution in [0.5, 0.6) is 11.5 Å². The molecule has 0 saturated carbocycles. The Morgan fingerprint density at radius 1 is 1.07 bits per heavy atom. The highest BCUT2D eigenvalue weighted by Crippen LogP contribution is 2.34. The van der Waals surface area contributed by atoms with Gasteiger partial charge >= 0.3 is 5.97 Å². The van der Waals surface area contributed by atoms with Crippen LogP contribution in [0.25, 0.3) is 0 Å². The van der Waals surface area contributed by atoms with Gasteiger partial charge in [0.05, 0.1) is 18.4 Å². The number of para-hydroxylation sites is 1. The Hall–Kier alpha value is -3.81. The van der Waals surface area contributed by atoms with Crippen molar-refractivity contribution in [3.63, 3.8) is 0 Å². The van der Waals surface area contributed by atoms with Gasteiger partial charge in [0.2, 0.25) is 12.7 Å². The molecule has 0 unspecified atom stereocenters. The average Bonchev–Trinajstić information content (AvgIpc) is 3.16. The minimum atomic E-state index is -0.425. The van der Waals surface area contributed by atoms with E-state index in [9.17, 15) is 4.79 Å². The van der Waals surface area contributed by atoms with Gasteiger partial charge in [0.15, 0.2) is 11.5 Å². The van der Waals surface area contributed by atoms with Crippen molar-refractivity contribution in [1.82, 2.24) is 9.97 Å². The van der Waals surface area contributed by atoms with Crippen molar-refractivity contribution in [3.05, 3.63) is 60.3 Å². The van der Waals surface area contributed by atoms with Gasteiger partial charge in [-0.15, -0.1) is 0 Å². The van der Waals surface area contributed by atoms with Gasteiger partial charge < -0.3 is 24.8 Å². The predicted octanol–water partition coefficient (Wildman–Crippen LogP) is 3.48. The first kappa shape index (κ1) is 16.6. The predicted molar refractivity (Wildman–Crippen MR) is 98.9 cm³/mol. The second kappa shape index (κ2) is 7.20. The molecule has 0 fully saturated rings. The van der Waals surface area contributed by atoms with Crippen LogP contribution in [0.15, 0.2) is 54.7 Å². The molecule has 0 radical (unpaired) electrons. The number of methoxy groups -OCH3 is 1. The highest BCUT2D eigenvalue weighted by molar-refractivity contribution is 5.96. The van der Waals surface area contributed by atoms with E-state index in [4.69, 9.17) is 14.2 Å². The Bertz CT molecular complexity index is 993. The van der Waals surface area contributed by atoms with Gasteiger partial charge in [-0.3, -0.25) is 0 Å². The van der Waals surface area contributed by atoms with Crippen LogP contribution in [-0.4, -0.2) is 29.8 Å². The summed E-state index contributed by atoms with van der Waals surface area (Å²) in [6, 6.07) is 14.2. The number of nitrogens with zero attached hydrogens (tertiary/aromatic N) is 2. The summed E-state index contributed by atoms with van der Waals surface area (Å²) in [6.07, 6.45) is 1.62. The SMILES string of the molecule is COC(=O)c1ccccc1Nc1ccnc(Nc2ccc3c(c2)OCO3)n1. The molecule has 136 valence electrons. The first-order valence-corrected chi connectivity index (χ1v) is 8.17. The van der Waals surface area contributed by atoms with Crippen molar-refractivity contribution >= 4 is 29.1 Å². The molecular formula is C19H16N4O4. The molecule has 0 amide bonds. The minimum Gasteiger partial charge on any atom is -0.465 e. The number of carbonyl (C=O) groups is 1. The van der Waals surface area contributed by atoms with Gasteiger partial charge in [0, 0.05) is 18.0 Å². The lowest BCUT2D eigenvalue weighted by molar-refractivity contribution is 0.0602. The Balaban J connectivity index is 1.54. The molecule has 0 spiro atoms. The average molecular weight is 364 g/mol. The maximum Gasteiger partial charge on any atom is 0.339 e. The minimum absolute atomic E-state index is 0.217. The molecule has 2 aromatic carbocycles. The first-order chi connectivity index (χ1) is 13.2. The summed E-state index contributed by atoms with van der Waals surface area (Å²) in [6.45, 7) is 0.217. The largest absolute Gasteiger partial charge is 0.465 e. The lowest BCUT2D eigenvalue weighted by Crippen LogP contribution is -2.06. The fraction of sp³-hybridized carbons (Fsp3) is 0.105. The molecule has 4 rings (SSSR count). The molecule has 2 N–H and O–H groups in total. The summed E-state index contributed by atoms with van der Waals surface area (Å²) in [5, 5.41) is 6.24. The lowest BCUT2D eigenvalue weighted by atomic mass is 10.2. The van der Waals surface area contributed by atoms with Crippen LogP contribution in [0, 0.1) is 0 Å². The number of fused-ring (bicyclic) bond motifs is 1. The molecule has 8 heteroatoms. The van der Waals surface area contributed by atoms with Crippen LogP contribution in [0.3, 0.4) is 0 Å². The molecule has 0 saturated heterocycles. The number of nitrogens with one attached hydrogen (secondary N) is 2. The molecule has 0 bridgehead atoms. The lowest BCUT2D eigenvalue weighted by Gasteiger charge is -2.11. The number of esters is 1. The zero-order chi connectivity index (χ0) is 18.6. The molecule has 0 atom stereocenters. The Labute approximate surface area is 155 Å². The van der Waals surface area contributed by atoms with E-state index in [-0.39, 0.29) is 6.79 Å². The smallest absolute Gasteiger partial charge is 0.339 e. The summed E-state index contributed by atoms with van der Waals surface area (Å²) in [4.78, 5) is 20.5. The molecule has 1 aliphatic rings. The molecule has 1 aromatic heterocycles. The number of rotatable bonds is 5. The van der Waals surface area contributed by atoms with Crippen LogP contribution in [0.4, 0.5) is 23.1 Å². The number of carbonyl (C=O) groups excluding carboxylic acids is 1. The van der Waals surface area contributed by atoms with E-state index >= 15 is 0 Å². The van der Waals surface area contributed by atoms with Crippen LogP contribution < -0.4 is 20.1 Å². The zero-order valence-corrected chi connectivity index (χ0v) is 14.4. The van der Waals surface area contributed by atoms with Gasteiger partial charge in [0.25, 0.3) is 0 Å². The molecular weight excluding hydrogens is 348 g/mol. The van der Waals surface area contributed by atoms with E-state index in [1.807, 2.05) is 24.3 Å². The number of ether oxygens (including phenoxy) is 3. The topological polar surface area (TPSA) is 94.6 Å². The van der Waals surface area contributed by atoms with E-state index in [2.05, 4.69) is 20.6 Å². The molecule has 2 heterocycles. The summed E-state index contributed by atoms with van der Waals surface area (Å²) >= 11 is 0. The fourth-order valence-corrected chi connectivity index (χ4v) is 2.61. The van der Waals surface area contributed by atoms with Crippen LogP contribution in [0.2, 0.25) is 0 Å². The van der Waals surface area contributed by atoms with Gasteiger partial charge in [-0.05, 0) is 30.3 Å². The van der Waals surface area contributed by atoms with E-state index in [1.165, 1.54) is 7.11 Å². The van der Waals surface area contributed by atoms with Gasteiger partial charge in [-0.1, -0.05) is 12.1 Å². The monoisotopic (exact) mass is 364 g/mol. The van der Waals surface area contributed by atoms with Crippen LogP contribution in [-0.2, 0) is 4.74 Å². The maximum atomic E-state index is 11.9. The van der Waals surface area contributed by atoms with E-state index in [1.54, 1.807) is 30.5 Å². The van der Waals surface area contributed by atoms with Gasteiger partial charge in [0.1, 0.15) is 5.82 Å². The standard InChI is InChI=1S/C19H16N4O4/c1-25-18(24)13-4-2-3-5-14(13)22-17-8-9-20-19(23-17)21-12-6-7-15-16(10-12)27-11-26-15/h2-10H,11H2,1H3,(H2,20,21,22,23). The van der Waals surface area contributed by atoms with Crippen LogP contribution in [0.1, 0.15) is 10.4 Å². The fourth-order valence-electron chi connectivity index (χ4n) is 2.61. The van der Waals surface area contributed by atoms with E-state index < -0.39 is 5.97 Å². The van der Waals surface area contributed by atoms with Crippen molar-refractivity contribution in [1.29, 1.82) is 0 Å². The zero-order valence-electron chi connectivity index (χ0n) is 14.4. The third-order valence-electron chi connectivity index (χ3n) is 3.88. The number of hydrogen-bond donors (Lipinski definition) is 2. The summed E-state index contributed by atoms with van der Waals surface area (Å²) in [5.41, 5.74) is 1.78.